The van der Waals surface area contributed by atoms with Crippen molar-refractivity contribution in [3.05, 3.63) is 24.3 Å². The van der Waals surface area contributed by atoms with Crippen LogP contribution in [-0.4, -0.2) is 38.5 Å². The van der Waals surface area contributed by atoms with Crippen LogP contribution in [0.4, 0.5) is 5.69 Å². The number of rotatable bonds is 17. The molecular weight excluding hydrogens is 406 g/mol. The van der Waals surface area contributed by atoms with Crippen LogP contribution >= 0.6 is 11.8 Å². The van der Waals surface area contributed by atoms with Gasteiger partial charge in [-0.3, -0.25) is 13.8 Å². The second-order valence-electron chi connectivity index (χ2n) is 7.05. The van der Waals surface area contributed by atoms with E-state index >= 15 is 0 Å². The molecule has 0 saturated carbocycles. The molecule has 0 heterocycles. The van der Waals surface area contributed by atoms with E-state index in [1.54, 1.807) is 0 Å². The van der Waals surface area contributed by atoms with Gasteiger partial charge in [-0.1, -0.05) is 57.6 Å². The standard InChI is InChI=1S/C22H35NO4S2/c1-2-29(27)18-12-8-6-4-3-5-7-9-15-21(24)23-19-13-10-11-14-20(19)28-17-16-22(25)26/h10-11,13-14H,2-9,12,15-18H2,1H3,(H,23,24)(H,25,26). The van der Waals surface area contributed by atoms with Crippen LogP contribution < -0.4 is 5.32 Å². The molecule has 1 unspecified atom stereocenters. The normalized spacial score (nSPS) is 11.9. The zero-order valence-corrected chi connectivity index (χ0v) is 19.1. The van der Waals surface area contributed by atoms with Gasteiger partial charge in [-0.15, -0.1) is 11.8 Å². The topological polar surface area (TPSA) is 83.5 Å². The number of carbonyl (C=O) groups is 2. The minimum atomic E-state index is -0.813. The van der Waals surface area contributed by atoms with E-state index in [1.807, 2.05) is 31.2 Å². The quantitative estimate of drug-likeness (QED) is 0.247. The number of unbranched alkanes of at least 4 members (excludes halogenated alkanes) is 7. The second kappa shape index (κ2) is 16.5. The minimum Gasteiger partial charge on any atom is -0.481 e. The van der Waals surface area contributed by atoms with Crippen LogP contribution in [0.25, 0.3) is 0 Å². The lowest BCUT2D eigenvalue weighted by Crippen LogP contribution is -2.11. The number of para-hydroxylation sites is 1. The molecule has 0 radical (unpaired) electrons. The average molecular weight is 442 g/mol. The molecule has 0 fully saturated rings. The van der Waals surface area contributed by atoms with Crippen LogP contribution in [0.5, 0.6) is 0 Å². The van der Waals surface area contributed by atoms with Crippen LogP contribution in [0.15, 0.2) is 29.2 Å². The molecule has 2 N–H and O–H groups in total. The highest BCUT2D eigenvalue weighted by Crippen LogP contribution is 2.27. The summed E-state index contributed by atoms with van der Waals surface area (Å²) in [7, 11) is -0.626. The van der Waals surface area contributed by atoms with Gasteiger partial charge < -0.3 is 10.4 Å². The number of thioether (sulfide) groups is 1. The fourth-order valence-corrected chi connectivity index (χ4v) is 4.67. The summed E-state index contributed by atoms with van der Waals surface area (Å²) in [5.74, 6) is 1.29. The number of carboxylic acids is 1. The first-order valence-corrected chi connectivity index (χ1v) is 13.1. The molecule has 0 saturated heterocycles. The van der Waals surface area contributed by atoms with E-state index in [4.69, 9.17) is 5.11 Å². The molecule has 1 amide bonds. The first-order chi connectivity index (χ1) is 14.0. The molecule has 1 atom stereocenters. The van der Waals surface area contributed by atoms with Crippen molar-refractivity contribution in [3.63, 3.8) is 0 Å². The molecule has 1 rings (SSSR count). The van der Waals surface area contributed by atoms with Gasteiger partial charge in [-0.2, -0.15) is 0 Å². The highest BCUT2D eigenvalue weighted by Gasteiger charge is 2.08. The number of hydrogen-bond acceptors (Lipinski definition) is 4. The van der Waals surface area contributed by atoms with E-state index in [9.17, 15) is 13.8 Å². The number of carboxylic acid groups (broad SMARTS) is 1. The maximum absolute atomic E-state index is 12.2. The maximum atomic E-state index is 12.2. The van der Waals surface area contributed by atoms with Crippen molar-refractivity contribution in [1.82, 2.24) is 0 Å². The van der Waals surface area contributed by atoms with E-state index in [0.717, 1.165) is 54.2 Å². The molecule has 1 aromatic rings. The SMILES string of the molecule is CCS(=O)CCCCCCCCCCC(=O)Nc1ccccc1SCCC(=O)O. The smallest absolute Gasteiger partial charge is 0.304 e. The van der Waals surface area contributed by atoms with Crippen LogP contribution in [-0.2, 0) is 20.4 Å². The molecule has 7 heteroatoms. The summed E-state index contributed by atoms with van der Waals surface area (Å²) in [5.41, 5.74) is 0.761. The van der Waals surface area contributed by atoms with Gasteiger partial charge in [0.2, 0.25) is 5.91 Å². The highest BCUT2D eigenvalue weighted by atomic mass is 32.2. The van der Waals surface area contributed by atoms with Crippen molar-refractivity contribution in [2.75, 3.05) is 22.6 Å². The van der Waals surface area contributed by atoms with E-state index in [0.29, 0.717) is 12.2 Å². The molecule has 0 aliphatic carbocycles. The van der Waals surface area contributed by atoms with Crippen LogP contribution in [0.3, 0.4) is 0 Å². The third-order valence-corrected chi connectivity index (χ3v) is 7.05. The lowest BCUT2D eigenvalue weighted by molar-refractivity contribution is -0.136. The van der Waals surface area contributed by atoms with Gasteiger partial charge >= 0.3 is 5.97 Å². The van der Waals surface area contributed by atoms with Crippen molar-refractivity contribution >= 4 is 40.1 Å². The summed E-state index contributed by atoms with van der Waals surface area (Å²) >= 11 is 1.45. The Kier molecular flexibility index (Phi) is 14.6. The largest absolute Gasteiger partial charge is 0.481 e. The molecule has 0 aromatic heterocycles. The third-order valence-electron chi connectivity index (χ3n) is 4.58. The molecule has 5 nitrogen and oxygen atoms in total. The summed E-state index contributed by atoms with van der Waals surface area (Å²) in [6.07, 6.45) is 9.55. The first-order valence-electron chi connectivity index (χ1n) is 10.6. The molecule has 0 bridgehead atoms. The van der Waals surface area contributed by atoms with Gasteiger partial charge in [0.15, 0.2) is 0 Å². The van der Waals surface area contributed by atoms with Crippen LogP contribution in [0.2, 0.25) is 0 Å². The van der Waals surface area contributed by atoms with Crippen molar-refractivity contribution < 1.29 is 18.9 Å². The van der Waals surface area contributed by atoms with Crippen molar-refractivity contribution in [2.45, 2.75) is 76.0 Å². The molecular formula is C22H35NO4S2. The number of hydrogen-bond donors (Lipinski definition) is 2. The molecule has 164 valence electrons. The zero-order valence-electron chi connectivity index (χ0n) is 17.5. The molecule has 0 aliphatic heterocycles. The lowest BCUT2D eigenvalue weighted by atomic mass is 10.1. The van der Waals surface area contributed by atoms with E-state index < -0.39 is 16.8 Å². The van der Waals surface area contributed by atoms with Crippen LogP contribution in [0.1, 0.15) is 71.1 Å². The van der Waals surface area contributed by atoms with Crippen LogP contribution in [0, 0.1) is 0 Å². The van der Waals surface area contributed by atoms with Crippen molar-refractivity contribution in [1.29, 1.82) is 0 Å². The summed E-state index contributed by atoms with van der Waals surface area (Å²) in [4.78, 5) is 23.8. The number of benzene rings is 1. The Morgan fingerprint density at radius 1 is 0.966 bits per heavy atom. The van der Waals surface area contributed by atoms with E-state index in [-0.39, 0.29) is 12.3 Å². The average Bonchev–Trinajstić information content (AvgIpc) is 2.70. The molecule has 1 aromatic carbocycles. The van der Waals surface area contributed by atoms with Gasteiger partial charge in [0.25, 0.3) is 0 Å². The molecule has 29 heavy (non-hydrogen) atoms. The van der Waals surface area contributed by atoms with Gasteiger partial charge in [0.1, 0.15) is 0 Å². The number of aliphatic carboxylic acids is 1. The number of nitrogens with one attached hydrogen (secondary N) is 1. The van der Waals surface area contributed by atoms with Gasteiger partial charge in [0, 0.05) is 39.4 Å². The highest BCUT2D eigenvalue weighted by molar-refractivity contribution is 7.99. The number of carbonyl (C=O) groups excluding carboxylic acids is 1. The predicted molar refractivity (Wildman–Crippen MR) is 123 cm³/mol. The summed E-state index contributed by atoms with van der Waals surface area (Å²) in [5, 5.41) is 11.7. The Bertz CT molecular complexity index is 637. The second-order valence-corrected chi connectivity index (χ2v) is 10.0. The third kappa shape index (κ3) is 13.5. The summed E-state index contributed by atoms with van der Waals surface area (Å²) in [6.45, 7) is 1.97. The Morgan fingerprint density at radius 3 is 2.24 bits per heavy atom. The van der Waals surface area contributed by atoms with E-state index in [1.165, 1.54) is 31.0 Å². The minimum absolute atomic E-state index is 0.0141. The Morgan fingerprint density at radius 2 is 1.59 bits per heavy atom. The van der Waals surface area contributed by atoms with Gasteiger partial charge in [-0.25, -0.2) is 0 Å². The Hall–Kier alpha value is -1.34. The fraction of sp³-hybridized carbons (Fsp3) is 0.636. The summed E-state index contributed by atoms with van der Waals surface area (Å²) in [6, 6.07) is 7.53. The van der Waals surface area contributed by atoms with Crippen molar-refractivity contribution in [2.24, 2.45) is 0 Å². The van der Waals surface area contributed by atoms with Gasteiger partial charge in [-0.05, 0) is 25.0 Å². The molecule has 0 aliphatic rings. The number of amides is 1. The number of anilines is 1. The Labute approximate surface area is 181 Å². The lowest BCUT2D eigenvalue weighted by Gasteiger charge is -2.10. The fourth-order valence-electron chi connectivity index (χ4n) is 2.91. The summed E-state index contributed by atoms with van der Waals surface area (Å²) < 4.78 is 11.3. The Balaban J connectivity index is 2.11. The van der Waals surface area contributed by atoms with Crippen molar-refractivity contribution in [3.8, 4) is 0 Å². The monoisotopic (exact) mass is 441 g/mol. The van der Waals surface area contributed by atoms with Gasteiger partial charge in [0.05, 0.1) is 12.1 Å². The predicted octanol–water partition coefficient (Wildman–Crippen LogP) is 5.47. The maximum Gasteiger partial charge on any atom is 0.304 e. The first kappa shape index (κ1) is 25.7. The molecule has 0 spiro atoms. The zero-order chi connectivity index (χ0) is 21.3. The van der Waals surface area contributed by atoms with E-state index in [2.05, 4.69) is 5.32 Å².